The van der Waals surface area contributed by atoms with Gasteiger partial charge in [-0.15, -0.1) is 0 Å². The lowest BCUT2D eigenvalue weighted by molar-refractivity contribution is 0.0526. The average molecular weight is 292 g/mol. The molecule has 3 aliphatic heterocycles. The number of ether oxygens (including phenoxy) is 1. The van der Waals surface area contributed by atoms with Crippen molar-refractivity contribution in [3.8, 4) is 0 Å². The van der Waals surface area contributed by atoms with Crippen LogP contribution in [0, 0.1) is 0 Å². The number of allylic oxidation sites excluding steroid dienone is 2. The molecule has 110 valence electrons. The topological polar surface area (TPSA) is 32.8 Å². The third-order valence-corrected chi connectivity index (χ3v) is 4.01. The molecule has 1 aromatic carbocycles. The van der Waals surface area contributed by atoms with Gasteiger partial charge in [-0.05, 0) is 37.3 Å². The van der Waals surface area contributed by atoms with Crippen LogP contribution in [0.25, 0.3) is 11.4 Å². The Labute approximate surface area is 128 Å². The number of hydrogen-bond acceptors (Lipinski definition) is 4. The lowest BCUT2D eigenvalue weighted by Gasteiger charge is -2.37. The van der Waals surface area contributed by atoms with Crippen LogP contribution < -0.4 is 10.4 Å². The number of nitrogens with zero attached hydrogens (tertiary/aromatic N) is 2. The zero-order valence-corrected chi connectivity index (χ0v) is 12.3. The Bertz CT molecular complexity index is 862. The van der Waals surface area contributed by atoms with Gasteiger partial charge in [0, 0.05) is 16.6 Å². The summed E-state index contributed by atoms with van der Waals surface area (Å²) < 4.78 is 5.12. The SMILES string of the molecule is CCOC(=O)c1ccc2c(c1)=C1C=CC=CN1N1CC=CC=21. The number of benzene rings is 1. The Morgan fingerprint density at radius 1 is 1.18 bits per heavy atom. The summed E-state index contributed by atoms with van der Waals surface area (Å²) in [7, 11) is 0. The van der Waals surface area contributed by atoms with E-state index >= 15 is 0 Å². The summed E-state index contributed by atoms with van der Waals surface area (Å²) in [6.45, 7) is 3.06. The molecule has 0 bridgehead atoms. The van der Waals surface area contributed by atoms with Gasteiger partial charge in [0.25, 0.3) is 0 Å². The van der Waals surface area contributed by atoms with Crippen LogP contribution >= 0.6 is 0 Å². The summed E-state index contributed by atoms with van der Waals surface area (Å²) >= 11 is 0. The summed E-state index contributed by atoms with van der Waals surface area (Å²) in [6.07, 6.45) is 12.4. The highest BCUT2D eigenvalue weighted by molar-refractivity contribution is 5.89. The third kappa shape index (κ3) is 1.80. The van der Waals surface area contributed by atoms with Gasteiger partial charge in [0.15, 0.2) is 0 Å². The van der Waals surface area contributed by atoms with Gasteiger partial charge in [-0.25, -0.2) is 4.79 Å². The highest BCUT2D eigenvalue weighted by atomic mass is 16.5. The fourth-order valence-electron chi connectivity index (χ4n) is 3.06. The van der Waals surface area contributed by atoms with E-state index in [0.29, 0.717) is 12.2 Å². The van der Waals surface area contributed by atoms with E-state index in [9.17, 15) is 4.79 Å². The van der Waals surface area contributed by atoms with Crippen molar-refractivity contribution in [3.05, 3.63) is 70.8 Å². The van der Waals surface area contributed by atoms with Crippen LogP contribution in [0.1, 0.15) is 17.3 Å². The van der Waals surface area contributed by atoms with Crippen LogP contribution in [-0.2, 0) is 4.74 Å². The molecular formula is C18H16N2O2. The van der Waals surface area contributed by atoms with Gasteiger partial charge >= 0.3 is 5.97 Å². The van der Waals surface area contributed by atoms with Crippen molar-refractivity contribution in [2.75, 3.05) is 13.2 Å². The molecule has 0 atom stereocenters. The quantitative estimate of drug-likeness (QED) is 0.769. The van der Waals surface area contributed by atoms with Crippen molar-refractivity contribution >= 4 is 17.4 Å². The van der Waals surface area contributed by atoms with Gasteiger partial charge in [0.05, 0.1) is 30.1 Å². The molecular weight excluding hydrogens is 276 g/mol. The molecule has 0 fully saturated rings. The molecule has 0 unspecified atom stereocenters. The minimum Gasteiger partial charge on any atom is -0.462 e. The molecule has 0 saturated heterocycles. The number of hydrazine groups is 1. The van der Waals surface area contributed by atoms with Crippen molar-refractivity contribution in [1.82, 2.24) is 10.0 Å². The first-order chi connectivity index (χ1) is 10.8. The number of fused-ring (bicyclic) bond motifs is 4. The third-order valence-electron chi connectivity index (χ3n) is 4.01. The van der Waals surface area contributed by atoms with Crippen LogP contribution in [0.15, 0.2) is 54.8 Å². The van der Waals surface area contributed by atoms with Crippen LogP contribution in [0.2, 0.25) is 0 Å². The van der Waals surface area contributed by atoms with Gasteiger partial charge in [0.1, 0.15) is 0 Å². The summed E-state index contributed by atoms with van der Waals surface area (Å²) in [5.74, 6) is -0.276. The molecule has 0 radical (unpaired) electrons. The largest absolute Gasteiger partial charge is 0.462 e. The number of esters is 1. The Kier molecular flexibility index (Phi) is 2.89. The van der Waals surface area contributed by atoms with E-state index in [2.05, 4.69) is 28.2 Å². The Morgan fingerprint density at radius 2 is 2.09 bits per heavy atom. The van der Waals surface area contributed by atoms with Gasteiger partial charge in [-0.2, -0.15) is 0 Å². The minimum absolute atomic E-state index is 0.276. The molecule has 4 nitrogen and oxygen atoms in total. The fraction of sp³-hybridized carbons (Fsp3) is 0.167. The second-order valence-electron chi connectivity index (χ2n) is 5.28. The Hall–Kier alpha value is -2.75. The highest BCUT2D eigenvalue weighted by Gasteiger charge is 2.25. The molecule has 4 heteroatoms. The number of hydrogen-bond donors (Lipinski definition) is 0. The fourth-order valence-corrected chi connectivity index (χ4v) is 3.06. The summed E-state index contributed by atoms with van der Waals surface area (Å²) in [4.78, 5) is 12.0. The zero-order valence-electron chi connectivity index (χ0n) is 12.3. The summed E-state index contributed by atoms with van der Waals surface area (Å²) in [5, 5.41) is 6.56. The predicted octanol–water partition coefficient (Wildman–Crippen LogP) is 1.27. The molecule has 3 heterocycles. The van der Waals surface area contributed by atoms with Gasteiger partial charge in [-0.3, -0.25) is 10.0 Å². The highest BCUT2D eigenvalue weighted by Crippen LogP contribution is 2.25. The average Bonchev–Trinajstić information content (AvgIpc) is 3.05. The van der Waals surface area contributed by atoms with E-state index in [-0.39, 0.29) is 5.97 Å². The molecule has 0 amide bonds. The van der Waals surface area contributed by atoms with Crippen molar-refractivity contribution in [2.24, 2.45) is 0 Å². The van der Waals surface area contributed by atoms with E-state index in [4.69, 9.17) is 4.74 Å². The standard InChI is InChI=1S/C18H16N2O2/c1-2-22-18(21)13-8-9-14-15(12-13)17-6-3-4-10-19(17)20-11-5-7-16(14)20/h3-10,12H,2,11H2,1H3. The molecule has 4 rings (SSSR count). The normalized spacial score (nSPS) is 17.5. The molecule has 0 saturated carbocycles. The molecule has 0 aromatic heterocycles. The number of rotatable bonds is 2. The second-order valence-corrected chi connectivity index (χ2v) is 5.28. The van der Waals surface area contributed by atoms with Crippen molar-refractivity contribution in [1.29, 1.82) is 0 Å². The van der Waals surface area contributed by atoms with E-state index < -0.39 is 0 Å². The van der Waals surface area contributed by atoms with E-state index in [1.807, 2.05) is 43.5 Å². The maximum absolute atomic E-state index is 12.0. The van der Waals surface area contributed by atoms with E-state index in [0.717, 1.165) is 28.4 Å². The van der Waals surface area contributed by atoms with E-state index in [1.165, 1.54) is 0 Å². The summed E-state index contributed by atoms with van der Waals surface area (Å²) in [6, 6.07) is 5.78. The predicted molar refractivity (Wildman–Crippen MR) is 84.4 cm³/mol. The Balaban J connectivity index is 1.99. The lowest BCUT2D eigenvalue weighted by atomic mass is 10.1. The summed E-state index contributed by atoms with van der Waals surface area (Å²) in [5.41, 5.74) is 2.83. The smallest absolute Gasteiger partial charge is 0.338 e. The number of carbonyl (C=O) groups excluding carboxylic acids is 1. The van der Waals surface area contributed by atoms with Crippen LogP contribution in [0.5, 0.6) is 0 Å². The maximum Gasteiger partial charge on any atom is 0.338 e. The van der Waals surface area contributed by atoms with Crippen LogP contribution in [0.3, 0.4) is 0 Å². The van der Waals surface area contributed by atoms with Gasteiger partial charge in [-0.1, -0.05) is 18.2 Å². The number of carbonyl (C=O) groups is 1. The maximum atomic E-state index is 12.0. The first-order valence-corrected chi connectivity index (χ1v) is 7.43. The van der Waals surface area contributed by atoms with Crippen molar-refractivity contribution < 1.29 is 9.53 Å². The first-order valence-electron chi connectivity index (χ1n) is 7.43. The monoisotopic (exact) mass is 292 g/mol. The lowest BCUT2D eigenvalue weighted by Crippen LogP contribution is -2.48. The van der Waals surface area contributed by atoms with Gasteiger partial charge < -0.3 is 4.74 Å². The zero-order chi connectivity index (χ0) is 15.1. The molecule has 22 heavy (non-hydrogen) atoms. The second kappa shape index (κ2) is 4.91. The van der Waals surface area contributed by atoms with Crippen molar-refractivity contribution in [3.63, 3.8) is 0 Å². The minimum atomic E-state index is -0.276. The van der Waals surface area contributed by atoms with Crippen LogP contribution in [-0.4, -0.2) is 29.1 Å². The Morgan fingerprint density at radius 3 is 2.95 bits per heavy atom. The van der Waals surface area contributed by atoms with E-state index in [1.54, 1.807) is 0 Å². The first kappa shape index (κ1) is 13.0. The molecule has 3 aliphatic rings. The molecule has 0 aliphatic carbocycles. The molecule has 1 aromatic rings. The van der Waals surface area contributed by atoms with Crippen LogP contribution in [0.4, 0.5) is 0 Å². The molecule has 0 N–H and O–H groups in total. The van der Waals surface area contributed by atoms with Gasteiger partial charge in [0.2, 0.25) is 0 Å². The molecule has 0 spiro atoms. The van der Waals surface area contributed by atoms with Crippen molar-refractivity contribution in [2.45, 2.75) is 6.92 Å².